The van der Waals surface area contributed by atoms with Gasteiger partial charge >= 0.3 is 0 Å². The van der Waals surface area contributed by atoms with Crippen molar-refractivity contribution in [1.29, 1.82) is 0 Å². The van der Waals surface area contributed by atoms with E-state index in [1.165, 1.54) is 11.3 Å². The molecule has 1 atom stereocenters. The van der Waals surface area contributed by atoms with Gasteiger partial charge in [0.1, 0.15) is 0 Å². The largest absolute Gasteiger partial charge is 0.369 e. The number of anilines is 1. The van der Waals surface area contributed by atoms with Crippen LogP contribution in [0.15, 0.2) is 18.3 Å². The number of hydrogen-bond donors (Lipinski definition) is 0. The molecule has 0 bridgehead atoms. The number of aryl methyl sites for hydroxylation is 1. The first-order valence-electron chi connectivity index (χ1n) is 6.92. The van der Waals surface area contributed by atoms with E-state index in [4.69, 9.17) is 0 Å². The fourth-order valence-electron chi connectivity index (χ4n) is 3.06. The Hall–Kier alpha value is -1.84. The highest BCUT2D eigenvalue weighted by Gasteiger charge is 2.34. The van der Waals surface area contributed by atoms with Gasteiger partial charge in [0.05, 0.1) is 4.92 Å². The van der Waals surface area contributed by atoms with E-state index in [1.807, 2.05) is 6.92 Å². The highest BCUT2D eigenvalue weighted by molar-refractivity contribution is 5.66. The molecule has 1 aliphatic heterocycles. The second-order valence-corrected chi connectivity index (χ2v) is 6.35. The summed E-state index contributed by atoms with van der Waals surface area (Å²) in [6.45, 7) is 8.73. The maximum atomic E-state index is 10.5. The van der Waals surface area contributed by atoms with Crippen molar-refractivity contribution in [2.75, 3.05) is 11.9 Å². The number of hydrogen-bond acceptors (Lipinski definition) is 3. The first-order chi connectivity index (χ1) is 9.22. The summed E-state index contributed by atoms with van der Waals surface area (Å²) in [6, 6.07) is 4.24. The van der Waals surface area contributed by atoms with Crippen molar-refractivity contribution >= 4 is 11.8 Å². The van der Waals surface area contributed by atoms with Crippen LogP contribution in [0.5, 0.6) is 0 Å². The number of rotatable bonds is 2. The SMILES string of the molecule is Cc1cc2c(cc1/C=C\[N+](=O)[O-])C(C)CC(C)(C)N2C. The Morgan fingerprint density at radius 3 is 2.70 bits per heavy atom. The van der Waals surface area contributed by atoms with Gasteiger partial charge in [-0.1, -0.05) is 6.92 Å². The maximum absolute atomic E-state index is 10.5. The van der Waals surface area contributed by atoms with Crippen LogP contribution < -0.4 is 4.90 Å². The molecule has 1 unspecified atom stereocenters. The Balaban J connectivity index is 2.51. The molecule has 0 fully saturated rings. The second kappa shape index (κ2) is 4.93. The monoisotopic (exact) mass is 274 g/mol. The van der Waals surface area contributed by atoms with Crippen LogP contribution in [0.25, 0.3) is 6.08 Å². The third-order valence-corrected chi connectivity index (χ3v) is 4.40. The molecule has 0 saturated heterocycles. The number of nitro groups is 1. The van der Waals surface area contributed by atoms with Crippen molar-refractivity contribution in [2.45, 2.75) is 45.6 Å². The van der Waals surface area contributed by atoms with Gasteiger partial charge in [0.2, 0.25) is 6.20 Å². The smallest absolute Gasteiger partial charge is 0.235 e. The maximum Gasteiger partial charge on any atom is 0.235 e. The Morgan fingerprint density at radius 1 is 1.45 bits per heavy atom. The molecule has 2 rings (SSSR count). The van der Waals surface area contributed by atoms with Gasteiger partial charge in [-0.15, -0.1) is 0 Å². The van der Waals surface area contributed by atoms with E-state index in [0.29, 0.717) is 5.92 Å². The zero-order chi connectivity index (χ0) is 15.1. The molecule has 0 spiro atoms. The Labute approximate surface area is 120 Å². The van der Waals surface area contributed by atoms with Gasteiger partial charge in [-0.3, -0.25) is 10.1 Å². The molecule has 0 saturated carbocycles. The lowest BCUT2D eigenvalue weighted by molar-refractivity contribution is -0.400. The molecule has 4 nitrogen and oxygen atoms in total. The number of benzene rings is 1. The van der Waals surface area contributed by atoms with Gasteiger partial charge in [0.15, 0.2) is 0 Å². The molecular weight excluding hydrogens is 252 g/mol. The van der Waals surface area contributed by atoms with Crippen LogP contribution in [0.4, 0.5) is 5.69 Å². The molecule has 0 N–H and O–H groups in total. The second-order valence-electron chi connectivity index (χ2n) is 6.35. The number of fused-ring (bicyclic) bond motifs is 1. The van der Waals surface area contributed by atoms with Crippen molar-refractivity contribution in [3.8, 4) is 0 Å². The van der Waals surface area contributed by atoms with Crippen LogP contribution in [0.2, 0.25) is 0 Å². The number of nitrogens with zero attached hydrogens (tertiary/aromatic N) is 2. The van der Waals surface area contributed by atoms with Crippen molar-refractivity contribution in [1.82, 2.24) is 0 Å². The Kier molecular flexibility index (Phi) is 3.59. The molecule has 0 radical (unpaired) electrons. The van der Waals surface area contributed by atoms with Crippen LogP contribution in [-0.2, 0) is 0 Å². The molecule has 1 aliphatic rings. The lowest BCUT2D eigenvalue weighted by atomic mass is 9.79. The third kappa shape index (κ3) is 2.55. The van der Waals surface area contributed by atoms with Gasteiger partial charge in [0, 0.05) is 24.4 Å². The van der Waals surface area contributed by atoms with Crippen LogP contribution in [-0.4, -0.2) is 17.5 Å². The first kappa shape index (κ1) is 14.6. The van der Waals surface area contributed by atoms with Gasteiger partial charge in [0.25, 0.3) is 0 Å². The fourth-order valence-corrected chi connectivity index (χ4v) is 3.06. The summed E-state index contributed by atoms with van der Waals surface area (Å²) < 4.78 is 0. The summed E-state index contributed by atoms with van der Waals surface area (Å²) in [5.41, 5.74) is 4.65. The average Bonchev–Trinajstić information content (AvgIpc) is 2.33. The normalized spacial score (nSPS) is 21.1. The summed E-state index contributed by atoms with van der Waals surface area (Å²) in [5, 5.41) is 10.5. The predicted molar refractivity (Wildman–Crippen MR) is 82.7 cm³/mol. The van der Waals surface area contributed by atoms with Gasteiger partial charge in [-0.2, -0.15) is 0 Å². The van der Waals surface area contributed by atoms with Crippen molar-refractivity contribution in [3.63, 3.8) is 0 Å². The third-order valence-electron chi connectivity index (χ3n) is 4.40. The van der Waals surface area contributed by atoms with Crippen molar-refractivity contribution < 1.29 is 4.92 Å². The lowest BCUT2D eigenvalue weighted by Gasteiger charge is -2.45. The van der Waals surface area contributed by atoms with Crippen LogP contribution in [0, 0.1) is 17.0 Å². The van der Waals surface area contributed by atoms with E-state index in [1.54, 1.807) is 6.08 Å². The van der Waals surface area contributed by atoms with E-state index in [2.05, 4.69) is 44.9 Å². The zero-order valence-corrected chi connectivity index (χ0v) is 12.8. The topological polar surface area (TPSA) is 46.4 Å². The van der Waals surface area contributed by atoms with E-state index in [9.17, 15) is 10.1 Å². The van der Waals surface area contributed by atoms with Crippen LogP contribution >= 0.6 is 0 Å². The molecule has 1 heterocycles. The first-order valence-corrected chi connectivity index (χ1v) is 6.92. The molecule has 20 heavy (non-hydrogen) atoms. The summed E-state index contributed by atoms with van der Waals surface area (Å²) in [7, 11) is 2.12. The molecular formula is C16H22N2O2. The van der Waals surface area contributed by atoms with E-state index in [-0.39, 0.29) is 5.54 Å². The molecule has 108 valence electrons. The average molecular weight is 274 g/mol. The van der Waals surface area contributed by atoms with Crippen LogP contribution in [0.1, 0.15) is 49.8 Å². The standard InChI is InChI=1S/C16H22N2O2/c1-11-8-15-14(9-13(11)6-7-18(19)20)12(2)10-16(3,4)17(15)5/h6-9,12H,10H2,1-5H3/b7-6-. The minimum atomic E-state index is -0.419. The quantitative estimate of drug-likeness (QED) is 0.605. The molecule has 1 aromatic carbocycles. The Bertz CT molecular complexity index is 576. The van der Waals surface area contributed by atoms with E-state index >= 15 is 0 Å². The molecule has 1 aromatic rings. The highest BCUT2D eigenvalue weighted by Crippen LogP contribution is 2.43. The van der Waals surface area contributed by atoms with Gasteiger partial charge < -0.3 is 4.90 Å². The van der Waals surface area contributed by atoms with E-state index in [0.717, 1.165) is 23.7 Å². The van der Waals surface area contributed by atoms with Crippen molar-refractivity contribution in [2.24, 2.45) is 0 Å². The highest BCUT2D eigenvalue weighted by atomic mass is 16.6. The minimum Gasteiger partial charge on any atom is -0.369 e. The van der Waals surface area contributed by atoms with E-state index < -0.39 is 4.92 Å². The summed E-state index contributed by atoms with van der Waals surface area (Å²) in [5.74, 6) is 0.458. The fraction of sp³-hybridized carbons (Fsp3) is 0.500. The molecule has 4 heteroatoms. The lowest BCUT2D eigenvalue weighted by Crippen LogP contribution is -2.45. The summed E-state index contributed by atoms with van der Waals surface area (Å²) >= 11 is 0. The summed E-state index contributed by atoms with van der Waals surface area (Å²) in [6.07, 6.45) is 3.68. The summed E-state index contributed by atoms with van der Waals surface area (Å²) in [4.78, 5) is 12.4. The van der Waals surface area contributed by atoms with Crippen molar-refractivity contribution in [3.05, 3.63) is 45.1 Å². The molecule has 0 aliphatic carbocycles. The molecule has 0 amide bonds. The predicted octanol–water partition coefficient (Wildman–Crippen LogP) is 3.96. The van der Waals surface area contributed by atoms with Gasteiger partial charge in [-0.25, -0.2) is 0 Å². The Morgan fingerprint density at radius 2 is 2.10 bits per heavy atom. The van der Waals surface area contributed by atoms with Crippen LogP contribution in [0.3, 0.4) is 0 Å². The minimum absolute atomic E-state index is 0.136. The molecule has 0 aromatic heterocycles. The zero-order valence-electron chi connectivity index (χ0n) is 12.8. The van der Waals surface area contributed by atoms with Gasteiger partial charge in [-0.05, 0) is 61.9 Å².